The molecule has 1 heterocycles. The third-order valence-corrected chi connectivity index (χ3v) is 2.60. The maximum atomic E-state index is 13.0. The number of benzene rings is 1. The number of halogens is 1. The molecule has 1 aromatic carbocycles. The summed E-state index contributed by atoms with van der Waals surface area (Å²) in [7, 11) is 0. The molecule has 0 spiro atoms. The Morgan fingerprint density at radius 1 is 1.50 bits per heavy atom. The first kappa shape index (κ1) is 10.5. The standard InChI is InChI=1S/C10H9FN2O3/c11-7-1-2-9(13(15)16)8(4-7)6-3-10(14)12-5-6/h1-2,4,6H,3,5H2,(H,12,14). The molecular weight excluding hydrogens is 215 g/mol. The molecule has 1 unspecified atom stereocenters. The van der Waals surface area contributed by atoms with Crippen LogP contribution in [0.25, 0.3) is 0 Å². The fourth-order valence-corrected chi connectivity index (χ4v) is 1.84. The molecule has 1 N–H and O–H groups in total. The molecule has 0 aromatic heterocycles. The van der Waals surface area contributed by atoms with Crippen molar-refractivity contribution in [2.45, 2.75) is 12.3 Å². The lowest BCUT2D eigenvalue weighted by Gasteiger charge is -2.08. The first-order valence-electron chi connectivity index (χ1n) is 4.78. The molecule has 0 saturated carbocycles. The normalized spacial score (nSPS) is 19.6. The van der Waals surface area contributed by atoms with Gasteiger partial charge in [0, 0.05) is 30.5 Å². The third-order valence-electron chi connectivity index (χ3n) is 2.60. The third kappa shape index (κ3) is 1.86. The number of hydrogen-bond donors (Lipinski definition) is 1. The van der Waals surface area contributed by atoms with Gasteiger partial charge in [0.15, 0.2) is 0 Å². The highest BCUT2D eigenvalue weighted by atomic mass is 19.1. The maximum absolute atomic E-state index is 13.0. The van der Waals surface area contributed by atoms with Gasteiger partial charge in [-0.2, -0.15) is 0 Å². The Kier molecular flexibility index (Phi) is 2.55. The highest BCUT2D eigenvalue weighted by Gasteiger charge is 2.29. The van der Waals surface area contributed by atoms with Crippen molar-refractivity contribution in [1.82, 2.24) is 5.32 Å². The summed E-state index contributed by atoms with van der Waals surface area (Å²) in [6, 6.07) is 3.31. The number of nitro groups is 1. The second-order valence-electron chi connectivity index (χ2n) is 3.67. The molecule has 6 heteroatoms. The number of nitrogens with zero attached hydrogens (tertiary/aromatic N) is 1. The van der Waals surface area contributed by atoms with Crippen LogP contribution in [0.4, 0.5) is 10.1 Å². The number of nitro benzene ring substituents is 1. The van der Waals surface area contributed by atoms with E-state index in [9.17, 15) is 19.3 Å². The molecule has 0 aliphatic carbocycles. The van der Waals surface area contributed by atoms with Crippen LogP contribution >= 0.6 is 0 Å². The predicted molar refractivity (Wildman–Crippen MR) is 53.4 cm³/mol. The highest BCUT2D eigenvalue weighted by molar-refractivity contribution is 5.79. The van der Waals surface area contributed by atoms with E-state index in [0.29, 0.717) is 6.54 Å². The van der Waals surface area contributed by atoms with Crippen molar-refractivity contribution in [3.8, 4) is 0 Å². The van der Waals surface area contributed by atoms with E-state index < -0.39 is 10.7 Å². The highest BCUT2D eigenvalue weighted by Crippen LogP contribution is 2.31. The average molecular weight is 224 g/mol. The molecule has 1 aliphatic rings. The lowest BCUT2D eigenvalue weighted by molar-refractivity contribution is -0.385. The SMILES string of the molecule is O=C1CC(c2cc(F)ccc2[N+](=O)[O-])CN1. The quantitative estimate of drug-likeness (QED) is 0.608. The Labute approximate surface area is 90.4 Å². The molecule has 16 heavy (non-hydrogen) atoms. The van der Waals surface area contributed by atoms with Gasteiger partial charge in [-0.05, 0) is 12.1 Å². The second-order valence-corrected chi connectivity index (χ2v) is 3.67. The Bertz CT molecular complexity index is 461. The molecule has 2 rings (SSSR count). The summed E-state index contributed by atoms with van der Waals surface area (Å²) in [5.41, 5.74) is 0.145. The van der Waals surface area contributed by atoms with E-state index >= 15 is 0 Å². The van der Waals surface area contributed by atoms with Gasteiger partial charge in [0.25, 0.3) is 5.69 Å². The van der Waals surface area contributed by atoms with Crippen LogP contribution in [-0.4, -0.2) is 17.4 Å². The Hall–Kier alpha value is -1.98. The van der Waals surface area contributed by atoms with E-state index in [1.165, 1.54) is 0 Å². The molecule has 1 amide bonds. The summed E-state index contributed by atoms with van der Waals surface area (Å²) in [5.74, 6) is -1.01. The topological polar surface area (TPSA) is 72.2 Å². The van der Waals surface area contributed by atoms with Crippen LogP contribution < -0.4 is 5.32 Å². The smallest absolute Gasteiger partial charge is 0.273 e. The van der Waals surface area contributed by atoms with Crippen LogP contribution in [0.3, 0.4) is 0 Å². The van der Waals surface area contributed by atoms with Crippen molar-refractivity contribution in [1.29, 1.82) is 0 Å². The molecule has 1 aliphatic heterocycles. The van der Waals surface area contributed by atoms with E-state index in [1.807, 2.05) is 0 Å². The number of rotatable bonds is 2. The summed E-state index contributed by atoms with van der Waals surface area (Å²) >= 11 is 0. The first-order valence-corrected chi connectivity index (χ1v) is 4.78. The van der Waals surface area contributed by atoms with E-state index in [1.54, 1.807) is 0 Å². The second kappa shape index (κ2) is 3.88. The Morgan fingerprint density at radius 3 is 2.81 bits per heavy atom. The molecule has 84 valence electrons. The van der Waals surface area contributed by atoms with Gasteiger partial charge in [0.2, 0.25) is 5.91 Å². The van der Waals surface area contributed by atoms with Gasteiger partial charge in [0.1, 0.15) is 5.82 Å². The van der Waals surface area contributed by atoms with Crippen molar-refractivity contribution < 1.29 is 14.1 Å². The summed E-state index contributed by atoms with van der Waals surface area (Å²) in [5, 5.41) is 13.3. The van der Waals surface area contributed by atoms with Crippen molar-refractivity contribution in [2.24, 2.45) is 0 Å². The largest absolute Gasteiger partial charge is 0.355 e. The van der Waals surface area contributed by atoms with Crippen LogP contribution in [-0.2, 0) is 4.79 Å². The number of carbonyl (C=O) groups is 1. The van der Waals surface area contributed by atoms with Gasteiger partial charge in [-0.15, -0.1) is 0 Å². The summed E-state index contributed by atoms with van der Waals surface area (Å²) < 4.78 is 13.0. The van der Waals surface area contributed by atoms with Gasteiger partial charge in [-0.25, -0.2) is 4.39 Å². The maximum Gasteiger partial charge on any atom is 0.273 e. The monoisotopic (exact) mass is 224 g/mol. The summed E-state index contributed by atoms with van der Waals surface area (Å²) in [6.45, 7) is 0.323. The van der Waals surface area contributed by atoms with Gasteiger partial charge in [-0.1, -0.05) is 0 Å². The summed E-state index contributed by atoms with van der Waals surface area (Å²) in [4.78, 5) is 21.2. The van der Waals surface area contributed by atoms with Gasteiger partial charge in [-0.3, -0.25) is 14.9 Å². The molecule has 0 bridgehead atoms. The lowest BCUT2D eigenvalue weighted by atomic mass is 9.96. The zero-order chi connectivity index (χ0) is 11.7. The Balaban J connectivity index is 2.41. The number of amides is 1. The van der Waals surface area contributed by atoms with Gasteiger partial charge >= 0.3 is 0 Å². The van der Waals surface area contributed by atoms with E-state index in [-0.39, 0.29) is 29.5 Å². The summed E-state index contributed by atoms with van der Waals surface area (Å²) in [6.07, 6.45) is 0.171. The van der Waals surface area contributed by atoms with Crippen molar-refractivity contribution in [3.63, 3.8) is 0 Å². The van der Waals surface area contributed by atoms with Crippen molar-refractivity contribution in [3.05, 3.63) is 39.7 Å². The number of nitrogens with one attached hydrogen (secondary N) is 1. The molecular formula is C10H9FN2O3. The van der Waals surface area contributed by atoms with Crippen LogP contribution in [0.1, 0.15) is 17.9 Å². The Morgan fingerprint density at radius 2 is 2.25 bits per heavy atom. The fraction of sp³-hybridized carbons (Fsp3) is 0.300. The molecule has 1 saturated heterocycles. The first-order chi connectivity index (χ1) is 7.58. The van der Waals surface area contributed by atoms with Gasteiger partial charge < -0.3 is 5.32 Å². The molecule has 1 aromatic rings. The van der Waals surface area contributed by atoms with Crippen molar-refractivity contribution in [2.75, 3.05) is 6.54 Å². The van der Waals surface area contributed by atoms with Crippen LogP contribution in [0, 0.1) is 15.9 Å². The van der Waals surface area contributed by atoms with Crippen LogP contribution in [0.5, 0.6) is 0 Å². The van der Waals surface area contributed by atoms with Crippen LogP contribution in [0.2, 0.25) is 0 Å². The predicted octanol–water partition coefficient (Wildman–Crippen LogP) is 1.34. The minimum atomic E-state index is -0.558. The fourth-order valence-electron chi connectivity index (χ4n) is 1.84. The minimum absolute atomic E-state index is 0.136. The molecule has 0 radical (unpaired) electrons. The van der Waals surface area contributed by atoms with E-state index in [0.717, 1.165) is 18.2 Å². The average Bonchev–Trinajstić information content (AvgIpc) is 2.64. The molecule has 5 nitrogen and oxygen atoms in total. The molecule has 1 fully saturated rings. The van der Waals surface area contributed by atoms with Gasteiger partial charge in [0.05, 0.1) is 4.92 Å². The number of hydrogen-bond acceptors (Lipinski definition) is 3. The van der Waals surface area contributed by atoms with Crippen LogP contribution in [0.15, 0.2) is 18.2 Å². The zero-order valence-corrected chi connectivity index (χ0v) is 8.27. The minimum Gasteiger partial charge on any atom is -0.355 e. The van der Waals surface area contributed by atoms with Crippen molar-refractivity contribution >= 4 is 11.6 Å². The zero-order valence-electron chi connectivity index (χ0n) is 8.27. The number of carbonyl (C=O) groups excluding carboxylic acids is 1. The van der Waals surface area contributed by atoms with E-state index in [2.05, 4.69) is 5.32 Å². The molecule has 1 atom stereocenters. The van der Waals surface area contributed by atoms with E-state index in [4.69, 9.17) is 0 Å². The lowest BCUT2D eigenvalue weighted by Crippen LogP contribution is -2.13.